The van der Waals surface area contributed by atoms with E-state index in [4.69, 9.17) is 5.11 Å². The van der Waals surface area contributed by atoms with Gasteiger partial charge in [0.05, 0.1) is 5.69 Å². The molecule has 1 atom stereocenters. The monoisotopic (exact) mass is 449 g/mol. The van der Waals surface area contributed by atoms with E-state index in [1.165, 1.54) is 0 Å². The van der Waals surface area contributed by atoms with Crippen LogP contribution in [0.5, 0.6) is 0 Å². The summed E-state index contributed by atoms with van der Waals surface area (Å²) in [7, 11) is 0. The van der Waals surface area contributed by atoms with E-state index in [2.05, 4.69) is 10.3 Å². The lowest BCUT2D eigenvalue weighted by molar-refractivity contribution is -0.161. The molecular weight excluding hydrogens is 422 g/mol. The van der Waals surface area contributed by atoms with Crippen molar-refractivity contribution in [2.75, 3.05) is 13.1 Å². The molecule has 1 aliphatic heterocycles. The number of amides is 2. The van der Waals surface area contributed by atoms with Gasteiger partial charge in [0.2, 0.25) is 11.8 Å². The molecule has 172 valence electrons. The Labute approximate surface area is 192 Å². The molecule has 2 amide bonds. The minimum absolute atomic E-state index is 0.277. The van der Waals surface area contributed by atoms with Crippen LogP contribution in [0, 0.1) is 11.3 Å². The molecule has 1 aromatic carbocycles. The maximum atomic E-state index is 13.3. The van der Waals surface area contributed by atoms with Gasteiger partial charge in [-0.2, -0.15) is 0 Å². The van der Waals surface area contributed by atoms with Crippen molar-refractivity contribution in [2.24, 2.45) is 11.3 Å². The molecule has 8 nitrogen and oxygen atoms in total. The normalized spacial score (nSPS) is 20.0. The number of carbonyl (C=O) groups excluding carboxylic acids is 3. The van der Waals surface area contributed by atoms with Gasteiger partial charge in [0.1, 0.15) is 6.54 Å². The van der Waals surface area contributed by atoms with Crippen molar-refractivity contribution in [2.45, 2.75) is 38.6 Å². The van der Waals surface area contributed by atoms with Crippen LogP contribution in [0.3, 0.4) is 0 Å². The number of Topliss-reactive ketones (excluding diaryl/α,β-unsaturated/α-hetero) is 1. The lowest BCUT2D eigenvalue weighted by Gasteiger charge is -2.46. The number of hydrogen-bond donors (Lipinski definition) is 2. The SMILES string of the molecule is O=C(O)CNC(=O)C1C(=O)N(Cc2ccc(-c3ccccn3)cc2)CC2(CCCCC2)C1=O. The van der Waals surface area contributed by atoms with Gasteiger partial charge in [-0.1, -0.05) is 49.6 Å². The molecule has 0 bridgehead atoms. The maximum Gasteiger partial charge on any atom is 0.322 e. The smallest absolute Gasteiger partial charge is 0.322 e. The molecule has 1 aliphatic carbocycles. The summed E-state index contributed by atoms with van der Waals surface area (Å²) in [5.41, 5.74) is 1.94. The lowest BCUT2D eigenvalue weighted by atomic mass is 9.65. The van der Waals surface area contributed by atoms with Crippen LogP contribution in [0.15, 0.2) is 48.7 Å². The third-order valence-corrected chi connectivity index (χ3v) is 6.61. The number of nitrogens with zero attached hydrogens (tertiary/aromatic N) is 2. The highest BCUT2D eigenvalue weighted by Gasteiger charge is 2.54. The lowest BCUT2D eigenvalue weighted by Crippen LogP contribution is -2.61. The number of carbonyl (C=O) groups is 4. The van der Waals surface area contributed by atoms with Crippen LogP contribution in [-0.4, -0.2) is 51.6 Å². The molecule has 1 spiro atoms. The number of rotatable bonds is 6. The minimum atomic E-state index is -1.50. The van der Waals surface area contributed by atoms with E-state index >= 15 is 0 Å². The predicted octanol–water partition coefficient (Wildman–Crippen LogP) is 2.43. The fourth-order valence-electron chi connectivity index (χ4n) is 4.92. The van der Waals surface area contributed by atoms with Crippen molar-refractivity contribution in [1.29, 1.82) is 0 Å². The second kappa shape index (κ2) is 9.52. The Hall–Kier alpha value is -3.55. The third-order valence-electron chi connectivity index (χ3n) is 6.61. The molecule has 1 saturated carbocycles. The summed E-state index contributed by atoms with van der Waals surface area (Å²) in [6.07, 6.45) is 5.76. The Morgan fingerprint density at radius 2 is 1.79 bits per heavy atom. The van der Waals surface area contributed by atoms with Crippen LogP contribution < -0.4 is 5.32 Å². The van der Waals surface area contributed by atoms with Crippen LogP contribution in [0.4, 0.5) is 0 Å². The number of likely N-dealkylation sites (tertiary alicyclic amines) is 1. The molecule has 2 aliphatic rings. The minimum Gasteiger partial charge on any atom is -0.480 e. The zero-order chi connectivity index (χ0) is 23.4. The highest BCUT2D eigenvalue weighted by molar-refractivity contribution is 6.21. The molecule has 0 radical (unpaired) electrons. The summed E-state index contributed by atoms with van der Waals surface area (Å²) < 4.78 is 0. The molecular formula is C25H27N3O5. The maximum absolute atomic E-state index is 13.3. The number of nitrogens with one attached hydrogen (secondary N) is 1. The van der Waals surface area contributed by atoms with E-state index in [1.54, 1.807) is 11.1 Å². The van der Waals surface area contributed by atoms with Gasteiger partial charge in [0.15, 0.2) is 11.7 Å². The highest BCUT2D eigenvalue weighted by atomic mass is 16.4. The summed E-state index contributed by atoms with van der Waals surface area (Å²) in [6.45, 7) is -0.0632. The Bertz CT molecular complexity index is 1050. The molecule has 8 heteroatoms. The number of carboxylic acid groups (broad SMARTS) is 1. The van der Waals surface area contributed by atoms with Crippen LogP contribution in [0.25, 0.3) is 11.3 Å². The van der Waals surface area contributed by atoms with Gasteiger partial charge < -0.3 is 15.3 Å². The van der Waals surface area contributed by atoms with Gasteiger partial charge in [-0.3, -0.25) is 24.2 Å². The first-order valence-electron chi connectivity index (χ1n) is 11.2. The zero-order valence-corrected chi connectivity index (χ0v) is 18.3. The van der Waals surface area contributed by atoms with Gasteiger partial charge in [0.25, 0.3) is 0 Å². The summed E-state index contributed by atoms with van der Waals surface area (Å²) >= 11 is 0. The average molecular weight is 450 g/mol. The molecule has 2 N–H and O–H groups in total. The van der Waals surface area contributed by atoms with Gasteiger partial charge in [-0.05, 0) is 30.5 Å². The van der Waals surface area contributed by atoms with Gasteiger partial charge in [-0.15, -0.1) is 0 Å². The Morgan fingerprint density at radius 1 is 1.06 bits per heavy atom. The first-order chi connectivity index (χ1) is 15.9. The van der Waals surface area contributed by atoms with Crippen LogP contribution in [0.1, 0.15) is 37.7 Å². The predicted molar refractivity (Wildman–Crippen MR) is 120 cm³/mol. The second-order valence-corrected chi connectivity index (χ2v) is 8.86. The molecule has 33 heavy (non-hydrogen) atoms. The molecule has 1 unspecified atom stereocenters. The average Bonchev–Trinajstić information content (AvgIpc) is 2.83. The topological polar surface area (TPSA) is 117 Å². The first kappa shape index (κ1) is 22.6. The summed E-state index contributed by atoms with van der Waals surface area (Å²) in [5, 5.41) is 11.1. The van der Waals surface area contributed by atoms with Crippen molar-refractivity contribution >= 4 is 23.6 Å². The molecule has 2 heterocycles. The van der Waals surface area contributed by atoms with E-state index < -0.39 is 35.7 Å². The third kappa shape index (κ3) is 4.79. The Balaban J connectivity index is 1.57. The molecule has 4 rings (SSSR count). The number of benzene rings is 1. The molecule has 1 saturated heterocycles. The van der Waals surface area contributed by atoms with Crippen molar-refractivity contribution in [3.8, 4) is 11.3 Å². The fourth-order valence-corrected chi connectivity index (χ4v) is 4.92. The number of carboxylic acids is 1. The molecule has 2 fully saturated rings. The van der Waals surface area contributed by atoms with Crippen molar-refractivity contribution in [1.82, 2.24) is 15.2 Å². The number of piperidine rings is 1. The van der Waals surface area contributed by atoms with Crippen molar-refractivity contribution in [3.63, 3.8) is 0 Å². The second-order valence-electron chi connectivity index (χ2n) is 8.86. The van der Waals surface area contributed by atoms with E-state index in [1.807, 2.05) is 42.5 Å². The van der Waals surface area contributed by atoms with Crippen LogP contribution in [0.2, 0.25) is 0 Å². The molecule has 1 aromatic heterocycles. The van der Waals surface area contributed by atoms with Crippen LogP contribution >= 0.6 is 0 Å². The highest BCUT2D eigenvalue weighted by Crippen LogP contribution is 2.43. The summed E-state index contributed by atoms with van der Waals surface area (Å²) in [6, 6.07) is 13.4. The number of ketones is 1. The Kier molecular flexibility index (Phi) is 6.53. The zero-order valence-electron chi connectivity index (χ0n) is 18.3. The number of hydrogen-bond acceptors (Lipinski definition) is 5. The van der Waals surface area contributed by atoms with E-state index in [0.717, 1.165) is 36.1 Å². The van der Waals surface area contributed by atoms with Crippen molar-refractivity contribution < 1.29 is 24.3 Å². The van der Waals surface area contributed by atoms with Crippen LogP contribution in [-0.2, 0) is 25.7 Å². The quantitative estimate of drug-likeness (QED) is 0.655. The van der Waals surface area contributed by atoms with Crippen molar-refractivity contribution in [3.05, 3.63) is 54.2 Å². The first-order valence-corrected chi connectivity index (χ1v) is 11.2. The Morgan fingerprint density at radius 3 is 2.42 bits per heavy atom. The summed E-state index contributed by atoms with van der Waals surface area (Å²) in [5.74, 6) is -4.47. The largest absolute Gasteiger partial charge is 0.480 e. The van der Waals surface area contributed by atoms with Gasteiger partial charge in [0, 0.05) is 30.3 Å². The number of pyridine rings is 1. The molecule has 2 aromatic rings. The van der Waals surface area contributed by atoms with E-state index in [9.17, 15) is 19.2 Å². The number of aliphatic carboxylic acids is 1. The number of aromatic nitrogens is 1. The van der Waals surface area contributed by atoms with Gasteiger partial charge in [-0.25, -0.2) is 0 Å². The fraction of sp³-hybridized carbons (Fsp3) is 0.400. The van der Waals surface area contributed by atoms with Gasteiger partial charge >= 0.3 is 5.97 Å². The van der Waals surface area contributed by atoms with E-state index in [-0.39, 0.29) is 18.9 Å². The summed E-state index contributed by atoms with van der Waals surface area (Å²) in [4.78, 5) is 56.1. The van der Waals surface area contributed by atoms with E-state index in [0.29, 0.717) is 12.8 Å². The standard InChI is InChI=1S/C25H27N3O5/c29-20(30)14-27-23(32)21-22(31)25(11-3-1-4-12-25)16-28(24(21)33)15-17-7-9-18(10-8-17)19-6-2-5-13-26-19/h2,5-10,13,21H,1,3-4,11-12,14-16H2,(H,27,32)(H,29,30).